The maximum atomic E-state index is 13.0. The van der Waals surface area contributed by atoms with Crippen LogP contribution in [0.3, 0.4) is 0 Å². The quantitative estimate of drug-likeness (QED) is 0.261. The highest BCUT2D eigenvalue weighted by Gasteiger charge is 2.45. The van der Waals surface area contributed by atoms with Gasteiger partial charge in [0.1, 0.15) is 11.5 Å². The first kappa shape index (κ1) is 23.5. The molecule has 0 bridgehead atoms. The Kier molecular flexibility index (Phi) is 8.00. The van der Waals surface area contributed by atoms with E-state index in [1.54, 1.807) is 19.2 Å². The first-order valence-electron chi connectivity index (χ1n) is 10.8. The Hall–Kier alpha value is -3.19. The van der Waals surface area contributed by atoms with E-state index in [1.165, 1.54) is 17.3 Å². The second-order valence-electron chi connectivity index (χ2n) is 8.18. The third kappa shape index (κ3) is 5.34. The first-order valence-corrected chi connectivity index (χ1v) is 10.8. The fourth-order valence-corrected chi connectivity index (χ4v) is 3.69. The molecule has 3 rings (SSSR count). The van der Waals surface area contributed by atoms with E-state index in [-0.39, 0.29) is 11.3 Å². The predicted octanol–water partition coefficient (Wildman–Crippen LogP) is 3.96. The lowest BCUT2D eigenvalue weighted by atomic mass is 9.95. The Balaban J connectivity index is 2.02. The molecule has 1 saturated heterocycles. The molecule has 0 radical (unpaired) electrons. The topological polar surface area (TPSA) is 89.0 Å². The molecule has 170 valence electrons. The van der Waals surface area contributed by atoms with E-state index in [0.29, 0.717) is 49.0 Å². The van der Waals surface area contributed by atoms with E-state index in [4.69, 9.17) is 9.47 Å². The number of hydrogen-bond acceptors (Lipinski definition) is 6. The second kappa shape index (κ2) is 10.9. The van der Waals surface area contributed by atoms with E-state index < -0.39 is 17.7 Å². The Morgan fingerprint density at radius 1 is 1.16 bits per heavy atom. The van der Waals surface area contributed by atoms with Crippen molar-refractivity contribution in [3.63, 3.8) is 0 Å². The highest BCUT2D eigenvalue weighted by atomic mass is 16.5. The van der Waals surface area contributed by atoms with Crippen LogP contribution in [0.4, 0.5) is 0 Å². The van der Waals surface area contributed by atoms with Crippen molar-refractivity contribution in [3.05, 3.63) is 65.5 Å². The van der Waals surface area contributed by atoms with Gasteiger partial charge in [-0.05, 0) is 48.6 Å². The Morgan fingerprint density at radius 2 is 1.91 bits per heavy atom. The molecular weight excluding hydrogens is 408 g/mol. The molecule has 1 amide bonds. The summed E-state index contributed by atoms with van der Waals surface area (Å²) in [7, 11) is 1.59. The fraction of sp³-hybridized carbons (Fsp3) is 0.400. The lowest BCUT2D eigenvalue weighted by Gasteiger charge is -2.25. The maximum absolute atomic E-state index is 13.0. The molecule has 0 aliphatic carbocycles. The van der Waals surface area contributed by atoms with Crippen LogP contribution >= 0.6 is 0 Å². The number of aliphatic hydroxyl groups excluding tert-OH is 1. The number of ketones is 1. The van der Waals surface area contributed by atoms with Gasteiger partial charge in [0.15, 0.2) is 0 Å². The smallest absolute Gasteiger partial charge is 0.295 e. The summed E-state index contributed by atoms with van der Waals surface area (Å²) in [6.07, 6.45) is 4.55. The lowest BCUT2D eigenvalue weighted by Crippen LogP contribution is -2.31. The van der Waals surface area contributed by atoms with Crippen LogP contribution in [0.5, 0.6) is 5.75 Å². The van der Waals surface area contributed by atoms with Gasteiger partial charge in [-0.25, -0.2) is 0 Å². The lowest BCUT2D eigenvalue weighted by molar-refractivity contribution is -0.140. The number of amides is 1. The van der Waals surface area contributed by atoms with Crippen molar-refractivity contribution in [3.8, 4) is 5.75 Å². The fourth-order valence-electron chi connectivity index (χ4n) is 3.69. The summed E-state index contributed by atoms with van der Waals surface area (Å²) >= 11 is 0. The van der Waals surface area contributed by atoms with Crippen LogP contribution in [0, 0.1) is 5.92 Å². The van der Waals surface area contributed by atoms with Crippen LogP contribution in [0.25, 0.3) is 5.76 Å². The minimum atomic E-state index is -0.714. The highest BCUT2D eigenvalue weighted by molar-refractivity contribution is 6.46. The van der Waals surface area contributed by atoms with Crippen LogP contribution in [0.1, 0.15) is 43.9 Å². The Bertz CT molecular complexity index is 971. The zero-order valence-corrected chi connectivity index (χ0v) is 18.8. The second-order valence-corrected chi connectivity index (χ2v) is 8.18. The van der Waals surface area contributed by atoms with E-state index >= 15 is 0 Å². The minimum Gasteiger partial charge on any atom is -0.507 e. The molecule has 32 heavy (non-hydrogen) atoms. The molecule has 1 atom stereocenters. The van der Waals surface area contributed by atoms with Gasteiger partial charge >= 0.3 is 0 Å². The predicted molar refractivity (Wildman–Crippen MR) is 121 cm³/mol. The van der Waals surface area contributed by atoms with Gasteiger partial charge < -0.3 is 19.5 Å². The summed E-state index contributed by atoms with van der Waals surface area (Å²) in [6.45, 7) is 5.62. The number of ether oxygens (including phenoxy) is 2. The number of benzene rings is 1. The van der Waals surface area contributed by atoms with Gasteiger partial charge in [0, 0.05) is 38.2 Å². The van der Waals surface area contributed by atoms with Gasteiger partial charge in [-0.15, -0.1) is 0 Å². The van der Waals surface area contributed by atoms with Crippen molar-refractivity contribution in [2.24, 2.45) is 5.92 Å². The molecule has 0 spiro atoms. The number of carbonyl (C=O) groups excluding carboxylic acids is 2. The van der Waals surface area contributed by atoms with Gasteiger partial charge in [-0.3, -0.25) is 14.6 Å². The van der Waals surface area contributed by atoms with E-state index in [2.05, 4.69) is 18.8 Å². The van der Waals surface area contributed by atoms with Crippen molar-refractivity contribution in [2.75, 3.05) is 26.9 Å². The Labute approximate surface area is 188 Å². The SMILES string of the molecule is COCCCN1C(=O)C(=O)C(=C(O)c2ccncc2)C1c1cccc(OCCC(C)C)c1. The van der Waals surface area contributed by atoms with Crippen molar-refractivity contribution in [1.29, 1.82) is 0 Å². The van der Waals surface area contributed by atoms with Crippen LogP contribution in [0.2, 0.25) is 0 Å². The summed E-state index contributed by atoms with van der Waals surface area (Å²) in [4.78, 5) is 31.4. The van der Waals surface area contributed by atoms with Crippen molar-refractivity contribution >= 4 is 17.4 Å². The molecule has 1 aromatic heterocycles. The summed E-state index contributed by atoms with van der Waals surface area (Å²) in [5.74, 6) is -0.363. The number of methoxy groups -OCH3 is 1. The normalized spacial score (nSPS) is 17.9. The van der Waals surface area contributed by atoms with Crippen LogP contribution in [-0.2, 0) is 14.3 Å². The molecule has 7 heteroatoms. The van der Waals surface area contributed by atoms with Crippen molar-refractivity contribution < 1.29 is 24.2 Å². The number of aromatic nitrogens is 1. The number of likely N-dealkylation sites (tertiary alicyclic amines) is 1. The third-order valence-corrected chi connectivity index (χ3v) is 5.38. The van der Waals surface area contributed by atoms with E-state index in [0.717, 1.165) is 6.42 Å². The number of carbonyl (C=O) groups is 2. The summed E-state index contributed by atoms with van der Waals surface area (Å²) in [5.41, 5.74) is 1.21. The van der Waals surface area contributed by atoms with Crippen molar-refractivity contribution in [1.82, 2.24) is 9.88 Å². The summed E-state index contributed by atoms with van der Waals surface area (Å²) < 4.78 is 11.0. The molecule has 1 aromatic carbocycles. The summed E-state index contributed by atoms with van der Waals surface area (Å²) in [5, 5.41) is 11.0. The number of Topliss-reactive ketones (excluding diaryl/α,β-unsaturated/α-hetero) is 1. The number of aliphatic hydroxyl groups is 1. The van der Waals surface area contributed by atoms with Crippen molar-refractivity contribution in [2.45, 2.75) is 32.7 Å². The number of nitrogens with zero attached hydrogens (tertiary/aromatic N) is 2. The highest BCUT2D eigenvalue weighted by Crippen LogP contribution is 2.40. The van der Waals surface area contributed by atoms with E-state index in [1.807, 2.05) is 24.3 Å². The molecule has 1 N–H and O–H groups in total. The minimum absolute atomic E-state index is 0.0675. The number of pyridine rings is 1. The molecule has 1 unspecified atom stereocenters. The summed E-state index contributed by atoms with van der Waals surface area (Å²) in [6, 6.07) is 9.86. The van der Waals surface area contributed by atoms with E-state index in [9.17, 15) is 14.7 Å². The zero-order chi connectivity index (χ0) is 23.1. The van der Waals surface area contributed by atoms with Gasteiger partial charge in [-0.2, -0.15) is 0 Å². The largest absolute Gasteiger partial charge is 0.507 e. The number of hydrogen-bond donors (Lipinski definition) is 1. The average Bonchev–Trinajstić information content (AvgIpc) is 3.04. The molecule has 2 heterocycles. The van der Waals surface area contributed by atoms with Crippen LogP contribution < -0.4 is 4.74 Å². The van der Waals surface area contributed by atoms with Gasteiger partial charge in [0.05, 0.1) is 18.2 Å². The molecular formula is C25H30N2O5. The molecule has 1 aliphatic heterocycles. The monoisotopic (exact) mass is 438 g/mol. The first-order chi connectivity index (χ1) is 15.4. The molecule has 0 saturated carbocycles. The van der Waals surface area contributed by atoms with Gasteiger partial charge in [-0.1, -0.05) is 26.0 Å². The average molecular weight is 439 g/mol. The van der Waals surface area contributed by atoms with Crippen LogP contribution in [0.15, 0.2) is 54.4 Å². The third-order valence-electron chi connectivity index (χ3n) is 5.38. The molecule has 1 fully saturated rings. The zero-order valence-electron chi connectivity index (χ0n) is 18.8. The van der Waals surface area contributed by atoms with Crippen LogP contribution in [-0.4, -0.2) is 53.5 Å². The standard InChI is InChI=1S/C25H30N2O5/c1-17(2)10-15-32-20-7-4-6-19(16-20)22-21(23(28)18-8-11-26-12-9-18)24(29)25(30)27(22)13-5-14-31-3/h4,6-9,11-12,16-17,22,28H,5,10,13-15H2,1-3H3. The Morgan fingerprint density at radius 3 is 2.59 bits per heavy atom. The molecule has 2 aromatic rings. The molecule has 1 aliphatic rings. The van der Waals surface area contributed by atoms with Gasteiger partial charge in [0.2, 0.25) is 0 Å². The number of rotatable bonds is 10. The maximum Gasteiger partial charge on any atom is 0.295 e. The molecule has 7 nitrogen and oxygen atoms in total. The van der Waals surface area contributed by atoms with Gasteiger partial charge in [0.25, 0.3) is 11.7 Å².